The Morgan fingerprint density at radius 1 is 1.45 bits per heavy atom. The summed E-state index contributed by atoms with van der Waals surface area (Å²) < 4.78 is 10.2. The van der Waals surface area contributed by atoms with Gasteiger partial charge in [-0.1, -0.05) is 12.1 Å². The van der Waals surface area contributed by atoms with E-state index in [1.54, 1.807) is 6.07 Å². The zero-order valence-corrected chi connectivity index (χ0v) is 12.0. The van der Waals surface area contributed by atoms with E-state index in [0.29, 0.717) is 13.0 Å². The van der Waals surface area contributed by atoms with E-state index in [4.69, 9.17) is 9.47 Å². The summed E-state index contributed by atoms with van der Waals surface area (Å²) in [7, 11) is 0. The number of benzene rings is 1. The van der Waals surface area contributed by atoms with Crippen LogP contribution in [-0.2, 0) is 19.1 Å². The molecule has 1 aliphatic heterocycles. The number of nitrogens with zero attached hydrogens (tertiary/aromatic N) is 1. The number of amides is 1. The minimum atomic E-state index is -1.07. The van der Waals surface area contributed by atoms with E-state index in [0.717, 1.165) is 6.42 Å². The van der Waals surface area contributed by atoms with Crippen molar-refractivity contribution < 1.29 is 24.0 Å². The third kappa shape index (κ3) is 3.79. The normalized spacial score (nSPS) is 18.5. The Kier molecular flexibility index (Phi) is 5.05. The molecule has 1 heterocycles. The average molecular weight is 308 g/mol. The standard InChI is InChI=1S/C14H16N2O6/c1-9(22-14(18)12-7-4-8-21-12)13(17)15-10-5-2-3-6-11(10)16(19)20/h2-3,5-6,9,12H,4,7-8H2,1H3,(H,15,17)/t9-,12+/m1/s1. The highest BCUT2D eigenvalue weighted by Crippen LogP contribution is 2.23. The summed E-state index contributed by atoms with van der Waals surface area (Å²) in [5, 5.41) is 13.3. The van der Waals surface area contributed by atoms with Crippen molar-refractivity contribution in [3.63, 3.8) is 0 Å². The number of nitro benzene ring substituents is 1. The monoisotopic (exact) mass is 308 g/mol. The molecule has 1 N–H and O–H groups in total. The van der Waals surface area contributed by atoms with Gasteiger partial charge in [-0.2, -0.15) is 0 Å². The van der Waals surface area contributed by atoms with Gasteiger partial charge in [-0.15, -0.1) is 0 Å². The first-order chi connectivity index (χ1) is 10.5. The van der Waals surface area contributed by atoms with E-state index in [-0.39, 0.29) is 11.4 Å². The van der Waals surface area contributed by atoms with E-state index >= 15 is 0 Å². The summed E-state index contributed by atoms with van der Waals surface area (Å²) in [5.41, 5.74) is -0.175. The van der Waals surface area contributed by atoms with Crippen molar-refractivity contribution in [3.05, 3.63) is 34.4 Å². The van der Waals surface area contributed by atoms with E-state index < -0.39 is 29.0 Å². The number of carbonyl (C=O) groups is 2. The molecule has 0 aliphatic carbocycles. The van der Waals surface area contributed by atoms with Gasteiger partial charge in [-0.05, 0) is 25.8 Å². The highest BCUT2D eigenvalue weighted by Gasteiger charge is 2.29. The molecule has 2 atom stereocenters. The van der Waals surface area contributed by atoms with Crippen LogP contribution < -0.4 is 5.32 Å². The second kappa shape index (κ2) is 6.99. The average Bonchev–Trinajstić information content (AvgIpc) is 3.01. The molecule has 0 aromatic heterocycles. The van der Waals surface area contributed by atoms with Gasteiger partial charge in [0.1, 0.15) is 5.69 Å². The molecular formula is C14H16N2O6. The third-order valence-corrected chi connectivity index (χ3v) is 3.21. The number of nitrogens with one attached hydrogen (secondary N) is 1. The molecule has 0 radical (unpaired) electrons. The number of nitro groups is 1. The lowest BCUT2D eigenvalue weighted by molar-refractivity contribution is -0.383. The van der Waals surface area contributed by atoms with Gasteiger partial charge in [-0.3, -0.25) is 14.9 Å². The lowest BCUT2D eigenvalue weighted by Crippen LogP contribution is -2.34. The second-order valence-corrected chi connectivity index (χ2v) is 4.84. The van der Waals surface area contributed by atoms with Gasteiger partial charge in [0.25, 0.3) is 11.6 Å². The number of hydrogen-bond donors (Lipinski definition) is 1. The highest BCUT2D eigenvalue weighted by atomic mass is 16.6. The smallest absolute Gasteiger partial charge is 0.336 e. The van der Waals surface area contributed by atoms with Crippen LogP contribution in [0.15, 0.2) is 24.3 Å². The summed E-state index contributed by atoms with van der Waals surface area (Å²) in [4.78, 5) is 34.0. The van der Waals surface area contributed by atoms with Crippen molar-refractivity contribution in [1.29, 1.82) is 0 Å². The predicted molar refractivity (Wildman–Crippen MR) is 76.3 cm³/mol. The molecule has 1 fully saturated rings. The van der Waals surface area contributed by atoms with Crippen LogP contribution in [0.4, 0.5) is 11.4 Å². The minimum absolute atomic E-state index is 0.0533. The van der Waals surface area contributed by atoms with Crippen molar-refractivity contribution in [2.75, 3.05) is 11.9 Å². The van der Waals surface area contributed by atoms with Gasteiger partial charge < -0.3 is 14.8 Å². The van der Waals surface area contributed by atoms with E-state index in [9.17, 15) is 19.7 Å². The predicted octanol–water partition coefficient (Wildman–Crippen LogP) is 1.64. The Bertz CT molecular complexity index is 582. The Hall–Kier alpha value is -2.48. The molecule has 0 unspecified atom stereocenters. The number of rotatable bonds is 5. The molecule has 0 saturated carbocycles. The molecule has 0 bridgehead atoms. The van der Waals surface area contributed by atoms with Gasteiger partial charge in [0.2, 0.25) is 0 Å². The number of anilines is 1. The summed E-state index contributed by atoms with van der Waals surface area (Å²) >= 11 is 0. The molecule has 1 aromatic rings. The molecule has 8 heteroatoms. The van der Waals surface area contributed by atoms with Crippen LogP contribution in [0.25, 0.3) is 0 Å². The van der Waals surface area contributed by atoms with Gasteiger partial charge in [0, 0.05) is 12.7 Å². The maximum Gasteiger partial charge on any atom is 0.336 e. The second-order valence-electron chi connectivity index (χ2n) is 4.84. The number of carbonyl (C=O) groups excluding carboxylic acids is 2. The molecule has 1 saturated heterocycles. The molecule has 1 aliphatic rings. The first-order valence-corrected chi connectivity index (χ1v) is 6.85. The van der Waals surface area contributed by atoms with Crippen LogP contribution in [0.2, 0.25) is 0 Å². The van der Waals surface area contributed by atoms with Crippen LogP contribution in [0.3, 0.4) is 0 Å². The molecule has 0 spiro atoms. The summed E-state index contributed by atoms with van der Waals surface area (Å²) in [6, 6.07) is 5.74. The summed E-state index contributed by atoms with van der Waals surface area (Å²) in [6.45, 7) is 1.90. The van der Waals surface area contributed by atoms with E-state index in [1.807, 2.05) is 0 Å². The van der Waals surface area contributed by atoms with E-state index in [2.05, 4.69) is 5.32 Å². The quantitative estimate of drug-likeness (QED) is 0.503. The molecule has 2 rings (SSSR count). The third-order valence-electron chi connectivity index (χ3n) is 3.21. The van der Waals surface area contributed by atoms with Crippen molar-refractivity contribution in [3.8, 4) is 0 Å². The fourth-order valence-electron chi connectivity index (χ4n) is 2.04. The van der Waals surface area contributed by atoms with Gasteiger partial charge in [0.15, 0.2) is 12.2 Å². The maximum atomic E-state index is 12.0. The molecule has 8 nitrogen and oxygen atoms in total. The molecule has 1 amide bonds. The first-order valence-electron chi connectivity index (χ1n) is 6.85. The molecular weight excluding hydrogens is 292 g/mol. The van der Waals surface area contributed by atoms with Crippen molar-refractivity contribution >= 4 is 23.3 Å². The largest absolute Gasteiger partial charge is 0.451 e. The molecule has 22 heavy (non-hydrogen) atoms. The van der Waals surface area contributed by atoms with Crippen molar-refractivity contribution in [2.24, 2.45) is 0 Å². The number of hydrogen-bond acceptors (Lipinski definition) is 6. The fourth-order valence-corrected chi connectivity index (χ4v) is 2.04. The Morgan fingerprint density at radius 2 is 2.18 bits per heavy atom. The Balaban J connectivity index is 1.96. The Labute approximate surface area is 126 Å². The lowest BCUT2D eigenvalue weighted by Gasteiger charge is -2.15. The van der Waals surface area contributed by atoms with Crippen LogP contribution in [-0.4, -0.2) is 35.6 Å². The minimum Gasteiger partial charge on any atom is -0.451 e. The zero-order valence-electron chi connectivity index (χ0n) is 12.0. The first kappa shape index (κ1) is 15.9. The van der Waals surface area contributed by atoms with Crippen LogP contribution in [0.5, 0.6) is 0 Å². The van der Waals surface area contributed by atoms with Crippen LogP contribution >= 0.6 is 0 Å². The molecule has 118 valence electrons. The summed E-state index contributed by atoms with van der Waals surface area (Å²) in [5.74, 6) is -1.23. The molecule has 1 aromatic carbocycles. The zero-order chi connectivity index (χ0) is 16.1. The van der Waals surface area contributed by atoms with Gasteiger partial charge in [-0.25, -0.2) is 4.79 Å². The Morgan fingerprint density at radius 3 is 2.82 bits per heavy atom. The summed E-state index contributed by atoms with van der Waals surface area (Å²) in [6.07, 6.45) is -0.369. The topological polar surface area (TPSA) is 108 Å². The number of ether oxygens (including phenoxy) is 2. The van der Waals surface area contributed by atoms with E-state index in [1.165, 1.54) is 25.1 Å². The fraction of sp³-hybridized carbons (Fsp3) is 0.429. The van der Waals surface area contributed by atoms with Crippen molar-refractivity contribution in [1.82, 2.24) is 0 Å². The SMILES string of the molecule is C[C@@H](OC(=O)[C@@H]1CCCO1)C(=O)Nc1ccccc1[N+](=O)[O-]. The number of esters is 1. The van der Waals surface area contributed by atoms with Gasteiger partial charge >= 0.3 is 5.97 Å². The maximum absolute atomic E-state index is 12.0. The highest BCUT2D eigenvalue weighted by molar-refractivity contribution is 5.97. The van der Waals surface area contributed by atoms with Gasteiger partial charge in [0.05, 0.1) is 4.92 Å². The van der Waals surface area contributed by atoms with Crippen molar-refractivity contribution in [2.45, 2.75) is 32.0 Å². The lowest BCUT2D eigenvalue weighted by atomic mass is 10.2. The van der Waals surface area contributed by atoms with Crippen LogP contribution in [0.1, 0.15) is 19.8 Å². The number of para-hydroxylation sites is 2. The van der Waals surface area contributed by atoms with Crippen LogP contribution in [0, 0.1) is 10.1 Å².